The Hall–Kier alpha value is -0.930. The van der Waals surface area contributed by atoms with Gasteiger partial charge in [-0.25, -0.2) is 0 Å². The predicted molar refractivity (Wildman–Crippen MR) is 35.2 cm³/mol. The van der Waals surface area contributed by atoms with Crippen molar-refractivity contribution in [1.82, 2.24) is 20.6 Å². The van der Waals surface area contributed by atoms with E-state index in [0.717, 1.165) is 18.2 Å². The lowest BCUT2D eigenvalue weighted by Gasteiger charge is -1.88. The highest BCUT2D eigenvalue weighted by atomic mass is 15.5. The van der Waals surface area contributed by atoms with E-state index in [-0.39, 0.29) is 0 Å². The molecule has 4 nitrogen and oxygen atoms in total. The zero-order valence-corrected chi connectivity index (χ0v) is 5.75. The Labute approximate surface area is 59.0 Å². The highest BCUT2D eigenvalue weighted by Crippen LogP contribution is 2.32. The molecule has 4 heteroatoms. The van der Waals surface area contributed by atoms with Crippen molar-refractivity contribution in [3.05, 3.63) is 5.82 Å². The highest BCUT2D eigenvalue weighted by molar-refractivity contribution is 4.81. The zero-order valence-electron chi connectivity index (χ0n) is 5.75. The molecule has 0 saturated heterocycles. The molecule has 0 amide bonds. The summed E-state index contributed by atoms with van der Waals surface area (Å²) in [4.78, 5) is 0. The fourth-order valence-corrected chi connectivity index (χ4v) is 1.03. The maximum Gasteiger partial charge on any atom is 0.174 e. The Bertz CT molecular complexity index is 190. The maximum atomic E-state index is 3.87. The summed E-state index contributed by atoms with van der Waals surface area (Å²) >= 11 is 0. The molecule has 1 N–H and O–H groups in total. The Morgan fingerprint density at radius 1 is 1.50 bits per heavy atom. The van der Waals surface area contributed by atoms with Crippen LogP contribution in [0.5, 0.6) is 0 Å². The van der Waals surface area contributed by atoms with Crippen LogP contribution < -0.4 is 0 Å². The van der Waals surface area contributed by atoms with Crippen molar-refractivity contribution in [2.24, 2.45) is 5.92 Å². The number of rotatable bonds is 3. The van der Waals surface area contributed by atoms with Crippen molar-refractivity contribution < 1.29 is 0 Å². The van der Waals surface area contributed by atoms with E-state index in [1.54, 1.807) is 0 Å². The lowest BCUT2D eigenvalue weighted by molar-refractivity contribution is 0.698. The fraction of sp³-hybridized carbons (Fsp3) is 0.833. The van der Waals surface area contributed by atoms with E-state index in [1.165, 1.54) is 19.3 Å². The molecule has 0 bridgehead atoms. The molecule has 0 aromatic carbocycles. The van der Waals surface area contributed by atoms with Crippen LogP contribution in [0.4, 0.5) is 0 Å². The third kappa shape index (κ3) is 1.32. The maximum absolute atomic E-state index is 3.87. The number of aryl methyl sites for hydroxylation is 1. The molecule has 0 spiro atoms. The van der Waals surface area contributed by atoms with Gasteiger partial charge >= 0.3 is 0 Å². The van der Waals surface area contributed by atoms with Crippen LogP contribution in [0.15, 0.2) is 0 Å². The van der Waals surface area contributed by atoms with E-state index in [1.807, 2.05) is 0 Å². The summed E-state index contributed by atoms with van der Waals surface area (Å²) in [5, 5.41) is 13.7. The third-order valence-corrected chi connectivity index (χ3v) is 1.86. The molecule has 1 saturated carbocycles. The number of nitrogens with one attached hydrogen (secondary N) is 1. The van der Waals surface area contributed by atoms with E-state index in [2.05, 4.69) is 20.6 Å². The highest BCUT2D eigenvalue weighted by Gasteiger charge is 2.21. The van der Waals surface area contributed by atoms with Gasteiger partial charge < -0.3 is 0 Å². The number of nitrogens with zero attached hydrogens (tertiary/aromatic N) is 3. The molecule has 1 fully saturated rings. The molecule has 0 aliphatic heterocycles. The van der Waals surface area contributed by atoms with Gasteiger partial charge in [0, 0.05) is 6.42 Å². The minimum absolute atomic E-state index is 0.854. The van der Waals surface area contributed by atoms with Crippen molar-refractivity contribution in [2.75, 3.05) is 0 Å². The van der Waals surface area contributed by atoms with Gasteiger partial charge in [-0.3, -0.25) is 0 Å². The Kier molecular flexibility index (Phi) is 1.38. The van der Waals surface area contributed by atoms with Crippen molar-refractivity contribution in [3.63, 3.8) is 0 Å². The second kappa shape index (κ2) is 2.36. The lowest BCUT2D eigenvalue weighted by Crippen LogP contribution is -1.89. The van der Waals surface area contributed by atoms with Gasteiger partial charge in [-0.15, -0.1) is 10.2 Å². The summed E-state index contributed by atoms with van der Waals surface area (Å²) in [5.74, 6) is 1.81. The van der Waals surface area contributed by atoms with Gasteiger partial charge in [-0.05, 0) is 12.3 Å². The van der Waals surface area contributed by atoms with Gasteiger partial charge in [0.15, 0.2) is 5.82 Å². The standard InChI is InChI=1S/C6H10N4/c1-2-5(1)3-4-6-7-9-10-8-6/h5H,1-4H2,(H,7,8,9,10). The van der Waals surface area contributed by atoms with Gasteiger partial charge in [0.05, 0.1) is 0 Å². The second-order valence-corrected chi connectivity index (χ2v) is 2.81. The molecule has 1 aliphatic carbocycles. The number of hydrogen-bond acceptors (Lipinski definition) is 3. The Balaban J connectivity index is 1.79. The molecule has 1 aliphatic rings. The lowest BCUT2D eigenvalue weighted by atomic mass is 10.2. The first-order chi connectivity index (χ1) is 4.95. The molecule has 1 heterocycles. The molecule has 1 aromatic heterocycles. The fourth-order valence-electron chi connectivity index (χ4n) is 1.03. The number of tetrazole rings is 1. The molecule has 10 heavy (non-hydrogen) atoms. The number of aromatic nitrogens is 4. The van der Waals surface area contributed by atoms with Crippen LogP contribution in [0.1, 0.15) is 25.1 Å². The summed E-state index contributed by atoms with van der Waals surface area (Å²) in [6, 6.07) is 0. The van der Waals surface area contributed by atoms with Crippen molar-refractivity contribution in [3.8, 4) is 0 Å². The molecular weight excluding hydrogens is 128 g/mol. The average molecular weight is 138 g/mol. The van der Waals surface area contributed by atoms with Crippen LogP contribution in [0.3, 0.4) is 0 Å². The quantitative estimate of drug-likeness (QED) is 0.663. The van der Waals surface area contributed by atoms with Crippen LogP contribution >= 0.6 is 0 Å². The SMILES string of the molecule is C(CC1CC1)c1nn[nH]n1. The molecule has 1 aromatic rings. The van der Waals surface area contributed by atoms with E-state index < -0.39 is 0 Å². The summed E-state index contributed by atoms with van der Waals surface area (Å²) in [7, 11) is 0. The average Bonchev–Trinajstić information content (AvgIpc) is 2.63. The zero-order chi connectivity index (χ0) is 6.81. The van der Waals surface area contributed by atoms with Gasteiger partial charge in [0.1, 0.15) is 0 Å². The van der Waals surface area contributed by atoms with Crippen molar-refractivity contribution in [2.45, 2.75) is 25.7 Å². The third-order valence-electron chi connectivity index (χ3n) is 1.86. The van der Waals surface area contributed by atoms with Gasteiger partial charge in [0.2, 0.25) is 0 Å². The van der Waals surface area contributed by atoms with Gasteiger partial charge in [0.25, 0.3) is 0 Å². The van der Waals surface area contributed by atoms with E-state index >= 15 is 0 Å². The first kappa shape index (κ1) is 5.82. The summed E-state index contributed by atoms with van der Waals surface area (Å²) in [6.07, 6.45) is 5.02. The smallest absolute Gasteiger partial charge is 0.174 e. The van der Waals surface area contributed by atoms with E-state index in [4.69, 9.17) is 0 Å². The molecule has 0 radical (unpaired) electrons. The Morgan fingerprint density at radius 3 is 3.00 bits per heavy atom. The van der Waals surface area contributed by atoms with E-state index in [0.29, 0.717) is 0 Å². The normalized spacial score (nSPS) is 17.6. The second-order valence-electron chi connectivity index (χ2n) is 2.81. The van der Waals surface area contributed by atoms with Gasteiger partial charge in [-0.2, -0.15) is 5.21 Å². The predicted octanol–water partition coefficient (Wildman–Crippen LogP) is 0.542. The summed E-state index contributed by atoms with van der Waals surface area (Å²) in [5.41, 5.74) is 0. The Morgan fingerprint density at radius 2 is 2.40 bits per heavy atom. The number of H-pyrrole nitrogens is 1. The van der Waals surface area contributed by atoms with E-state index in [9.17, 15) is 0 Å². The summed E-state index contributed by atoms with van der Waals surface area (Å²) in [6.45, 7) is 0. The molecule has 0 atom stereocenters. The summed E-state index contributed by atoms with van der Waals surface area (Å²) < 4.78 is 0. The van der Waals surface area contributed by atoms with Crippen LogP contribution in [0.25, 0.3) is 0 Å². The molecule has 0 unspecified atom stereocenters. The largest absolute Gasteiger partial charge is 0.177 e. The van der Waals surface area contributed by atoms with Crippen LogP contribution in [0.2, 0.25) is 0 Å². The number of aromatic amines is 1. The molecule has 2 rings (SSSR count). The van der Waals surface area contributed by atoms with Crippen molar-refractivity contribution >= 4 is 0 Å². The van der Waals surface area contributed by atoms with Crippen LogP contribution in [-0.4, -0.2) is 20.6 Å². The minimum atomic E-state index is 0.854. The monoisotopic (exact) mass is 138 g/mol. The topological polar surface area (TPSA) is 54.5 Å². The van der Waals surface area contributed by atoms with Crippen LogP contribution in [0, 0.1) is 5.92 Å². The minimum Gasteiger partial charge on any atom is -0.177 e. The van der Waals surface area contributed by atoms with Crippen molar-refractivity contribution in [1.29, 1.82) is 0 Å². The first-order valence-electron chi connectivity index (χ1n) is 3.67. The first-order valence-corrected chi connectivity index (χ1v) is 3.67. The van der Waals surface area contributed by atoms with Crippen LogP contribution in [-0.2, 0) is 6.42 Å². The number of hydrogen-bond donors (Lipinski definition) is 1. The molecular formula is C6H10N4. The van der Waals surface area contributed by atoms with Gasteiger partial charge in [-0.1, -0.05) is 18.1 Å². The molecule has 54 valence electrons.